The van der Waals surface area contributed by atoms with Gasteiger partial charge >= 0.3 is 0 Å². The Morgan fingerprint density at radius 3 is 2.43 bits per heavy atom. The van der Waals surface area contributed by atoms with E-state index in [0.717, 1.165) is 24.5 Å². The lowest BCUT2D eigenvalue weighted by atomic mass is 9.95. The van der Waals surface area contributed by atoms with Gasteiger partial charge in [0.1, 0.15) is 11.6 Å². The van der Waals surface area contributed by atoms with E-state index in [-0.39, 0.29) is 35.4 Å². The second-order valence-electron chi connectivity index (χ2n) is 6.65. The minimum Gasteiger partial charge on any atom is -0.493 e. The molecule has 3 rings (SSSR count). The summed E-state index contributed by atoms with van der Waals surface area (Å²) in [6, 6.07) is 9.25. The molecule has 0 unspecified atom stereocenters. The summed E-state index contributed by atoms with van der Waals surface area (Å²) in [4.78, 5) is 4.32. The molecule has 0 radical (unpaired) electrons. The Kier molecular flexibility index (Phi) is 7.45. The number of nitrogens with one attached hydrogen (secondary N) is 1. The number of nitrogens with zero attached hydrogens (tertiary/aromatic N) is 1. The molecule has 28 heavy (non-hydrogen) atoms. The first-order valence-electron chi connectivity index (χ1n) is 8.68. The summed E-state index contributed by atoms with van der Waals surface area (Å²) in [5.74, 6) is 0.457. The number of methoxy groups -OCH3 is 2. The Labute approximate surface area is 180 Å². The second kappa shape index (κ2) is 9.40. The molecule has 1 aliphatic rings. The molecule has 8 heteroatoms. The molecule has 2 aromatic carbocycles. The van der Waals surface area contributed by atoms with Crippen LogP contribution in [0.15, 0.2) is 41.4 Å². The number of guanidine groups is 1. The van der Waals surface area contributed by atoms with E-state index in [1.807, 2.05) is 18.2 Å². The normalized spacial score (nSPS) is 14.8. The summed E-state index contributed by atoms with van der Waals surface area (Å²) < 4.78 is 37.7. The van der Waals surface area contributed by atoms with Gasteiger partial charge < -0.3 is 20.5 Å². The first-order chi connectivity index (χ1) is 13.0. The maximum atomic E-state index is 14.1. The van der Waals surface area contributed by atoms with Crippen LogP contribution in [0.4, 0.5) is 8.78 Å². The van der Waals surface area contributed by atoms with Crippen molar-refractivity contribution in [1.82, 2.24) is 5.32 Å². The van der Waals surface area contributed by atoms with Gasteiger partial charge in [0.25, 0.3) is 0 Å². The molecule has 0 bridgehead atoms. The third-order valence-electron chi connectivity index (χ3n) is 4.84. The average Bonchev–Trinajstić information content (AvgIpc) is 3.45. The maximum Gasteiger partial charge on any atom is 0.188 e. The third-order valence-corrected chi connectivity index (χ3v) is 4.84. The molecule has 3 N–H and O–H groups in total. The summed E-state index contributed by atoms with van der Waals surface area (Å²) >= 11 is 0. The zero-order chi connectivity index (χ0) is 19.4. The van der Waals surface area contributed by atoms with Crippen LogP contribution in [-0.2, 0) is 12.0 Å². The highest BCUT2D eigenvalue weighted by Gasteiger charge is 2.45. The van der Waals surface area contributed by atoms with Crippen LogP contribution >= 0.6 is 24.0 Å². The second-order valence-corrected chi connectivity index (χ2v) is 6.65. The van der Waals surface area contributed by atoms with Crippen LogP contribution in [0.2, 0.25) is 0 Å². The zero-order valence-electron chi connectivity index (χ0n) is 15.8. The predicted octanol–water partition coefficient (Wildman–Crippen LogP) is 3.74. The zero-order valence-corrected chi connectivity index (χ0v) is 18.1. The molecule has 2 aromatic rings. The van der Waals surface area contributed by atoms with Gasteiger partial charge in [-0.3, -0.25) is 0 Å². The van der Waals surface area contributed by atoms with Gasteiger partial charge in [0.05, 0.1) is 20.8 Å². The number of ether oxygens (including phenoxy) is 2. The summed E-state index contributed by atoms with van der Waals surface area (Å²) in [7, 11) is 3.15. The van der Waals surface area contributed by atoms with Crippen LogP contribution in [0, 0.1) is 11.6 Å². The number of hydrogen-bond donors (Lipinski definition) is 2. The standard InChI is InChI=1S/C20H23F2N3O2.HI/c1-26-17-6-3-13(9-18(17)27-2)11-24-19(23)25-12-20(7-8-20)15-5-4-14(21)10-16(15)22;/h3-6,9-10H,7-8,11-12H2,1-2H3,(H3,23,24,25);1H. The fourth-order valence-electron chi connectivity index (χ4n) is 3.08. The van der Waals surface area contributed by atoms with Crippen molar-refractivity contribution in [2.75, 3.05) is 20.8 Å². The number of benzene rings is 2. The molecular weight excluding hydrogens is 479 g/mol. The minimum absolute atomic E-state index is 0. The fourth-order valence-corrected chi connectivity index (χ4v) is 3.08. The summed E-state index contributed by atoms with van der Waals surface area (Å²) in [5.41, 5.74) is 7.04. The summed E-state index contributed by atoms with van der Waals surface area (Å²) in [6.07, 6.45) is 1.65. The van der Waals surface area contributed by atoms with Gasteiger partial charge in [0, 0.05) is 18.0 Å². The molecular formula is C20H24F2IN3O2. The molecule has 0 aromatic heterocycles. The highest BCUT2D eigenvalue weighted by atomic mass is 127. The lowest BCUT2D eigenvalue weighted by Crippen LogP contribution is -2.37. The molecule has 5 nitrogen and oxygen atoms in total. The number of nitrogens with two attached hydrogens (primary N) is 1. The highest BCUT2D eigenvalue weighted by Crippen LogP contribution is 2.48. The van der Waals surface area contributed by atoms with E-state index in [0.29, 0.717) is 30.2 Å². The van der Waals surface area contributed by atoms with Gasteiger partial charge in [-0.1, -0.05) is 12.1 Å². The van der Waals surface area contributed by atoms with Crippen molar-refractivity contribution in [3.63, 3.8) is 0 Å². The van der Waals surface area contributed by atoms with Gasteiger partial charge in [0.15, 0.2) is 17.5 Å². The van der Waals surface area contributed by atoms with E-state index >= 15 is 0 Å². The average molecular weight is 503 g/mol. The van der Waals surface area contributed by atoms with Crippen LogP contribution in [0.3, 0.4) is 0 Å². The lowest BCUT2D eigenvalue weighted by Gasteiger charge is -2.18. The van der Waals surface area contributed by atoms with Crippen LogP contribution in [0.25, 0.3) is 0 Å². The lowest BCUT2D eigenvalue weighted by molar-refractivity contribution is 0.354. The molecule has 152 valence electrons. The molecule has 0 saturated heterocycles. The predicted molar refractivity (Wildman–Crippen MR) is 116 cm³/mol. The molecule has 0 heterocycles. The van der Waals surface area contributed by atoms with Crippen molar-refractivity contribution in [2.45, 2.75) is 24.8 Å². The number of hydrogen-bond acceptors (Lipinski definition) is 3. The maximum absolute atomic E-state index is 14.1. The molecule has 0 amide bonds. The largest absolute Gasteiger partial charge is 0.493 e. The number of aliphatic imine (C=N–C) groups is 1. The van der Waals surface area contributed by atoms with Gasteiger partial charge in [-0.05, 0) is 42.2 Å². The molecule has 1 saturated carbocycles. The van der Waals surface area contributed by atoms with Crippen molar-refractivity contribution in [1.29, 1.82) is 0 Å². The van der Waals surface area contributed by atoms with Crippen molar-refractivity contribution in [2.24, 2.45) is 10.7 Å². The molecule has 1 fully saturated rings. The molecule has 0 atom stereocenters. The molecule has 0 spiro atoms. The summed E-state index contributed by atoms with van der Waals surface area (Å²) in [6.45, 7) is 0.827. The van der Waals surface area contributed by atoms with E-state index in [9.17, 15) is 8.78 Å². The van der Waals surface area contributed by atoms with Crippen LogP contribution < -0.4 is 20.5 Å². The number of halogens is 3. The van der Waals surface area contributed by atoms with E-state index in [1.54, 1.807) is 14.2 Å². The Hall–Kier alpha value is -2.10. The fraction of sp³-hybridized carbons (Fsp3) is 0.350. The Morgan fingerprint density at radius 1 is 1.11 bits per heavy atom. The Morgan fingerprint density at radius 2 is 1.82 bits per heavy atom. The molecule has 0 aliphatic heterocycles. The van der Waals surface area contributed by atoms with E-state index < -0.39 is 11.6 Å². The van der Waals surface area contributed by atoms with Crippen molar-refractivity contribution >= 4 is 29.9 Å². The van der Waals surface area contributed by atoms with E-state index in [4.69, 9.17) is 15.2 Å². The van der Waals surface area contributed by atoms with E-state index in [1.165, 1.54) is 12.1 Å². The van der Waals surface area contributed by atoms with Crippen molar-refractivity contribution < 1.29 is 18.3 Å². The first-order valence-corrected chi connectivity index (χ1v) is 8.68. The monoisotopic (exact) mass is 503 g/mol. The SMILES string of the molecule is COc1ccc(CN=C(N)NCC2(c3ccc(F)cc3F)CC2)cc1OC.I. The van der Waals surface area contributed by atoms with Gasteiger partial charge in [-0.15, -0.1) is 24.0 Å². The van der Waals surface area contributed by atoms with Gasteiger partial charge in [-0.25, -0.2) is 13.8 Å². The minimum atomic E-state index is -0.573. The smallest absolute Gasteiger partial charge is 0.188 e. The third kappa shape index (κ3) is 5.03. The van der Waals surface area contributed by atoms with E-state index in [2.05, 4.69) is 10.3 Å². The van der Waals surface area contributed by atoms with Gasteiger partial charge in [-0.2, -0.15) is 0 Å². The van der Waals surface area contributed by atoms with Crippen molar-refractivity contribution in [3.8, 4) is 11.5 Å². The van der Waals surface area contributed by atoms with Crippen LogP contribution in [0.1, 0.15) is 24.0 Å². The number of rotatable bonds is 7. The summed E-state index contributed by atoms with van der Waals surface area (Å²) in [5, 5.41) is 3.06. The topological polar surface area (TPSA) is 68.9 Å². The first kappa shape index (κ1) is 22.2. The molecule has 1 aliphatic carbocycles. The highest BCUT2D eigenvalue weighted by molar-refractivity contribution is 14.0. The van der Waals surface area contributed by atoms with Crippen LogP contribution in [-0.4, -0.2) is 26.7 Å². The van der Waals surface area contributed by atoms with Crippen molar-refractivity contribution in [3.05, 3.63) is 59.2 Å². The Bertz CT molecular complexity index is 857. The van der Waals surface area contributed by atoms with Gasteiger partial charge in [0.2, 0.25) is 0 Å². The quantitative estimate of drug-likeness (QED) is 0.343. The van der Waals surface area contributed by atoms with Crippen LogP contribution in [0.5, 0.6) is 11.5 Å². The Balaban J connectivity index is 0.00000280.